The Hall–Kier alpha value is -0.640. The van der Waals surface area contributed by atoms with E-state index < -0.39 is 5.76 Å². The van der Waals surface area contributed by atoms with Crippen molar-refractivity contribution < 1.29 is 3.85 Å². The summed E-state index contributed by atoms with van der Waals surface area (Å²) in [6.45, 7) is 0. The van der Waals surface area contributed by atoms with Gasteiger partial charge in [0.05, 0.1) is 11.6 Å². The van der Waals surface area contributed by atoms with Crippen molar-refractivity contribution in [3.63, 3.8) is 0 Å². The Bertz CT molecular complexity index is 149. The zero-order valence-electron chi connectivity index (χ0n) is 2.67. The van der Waals surface area contributed by atoms with Gasteiger partial charge in [0.15, 0.2) is 5.51 Å². The Morgan fingerprint density at radius 2 is 2.83 bits per heavy atom. The molecule has 0 bridgehead atoms. The van der Waals surface area contributed by atoms with E-state index in [2.05, 4.69) is 14.3 Å². The fourth-order valence-corrected chi connectivity index (χ4v) is 0.386. The van der Waals surface area contributed by atoms with Gasteiger partial charge in [-0.05, 0) is 0 Å². The Morgan fingerprint density at radius 3 is 3.00 bits per heavy atom. The first kappa shape index (κ1) is 3.55. The molecule has 0 fully saturated rings. The summed E-state index contributed by atoms with van der Waals surface area (Å²) in [5.41, 5.74) is 2.24. The number of aromatic nitrogens is 1. The van der Waals surface area contributed by atoms with Gasteiger partial charge in [-0.2, -0.15) is 4.98 Å². The van der Waals surface area contributed by atoms with Crippen LogP contribution in [0.3, 0.4) is 0 Å². The molecule has 0 saturated carbocycles. The number of rotatable bonds is 0. The first-order valence-electron chi connectivity index (χ1n) is 1.23. The lowest BCUT2D eigenvalue weighted by atomic mass is 11.4. The van der Waals surface area contributed by atoms with E-state index in [1.54, 1.807) is 0 Å². The molecule has 0 N–H and O–H groups in total. The molecule has 1 radical (unpaired) electrons. The monoisotopic (exact) mass is 102 g/mol. The van der Waals surface area contributed by atoms with E-state index in [1.807, 2.05) is 0 Å². The molecule has 0 atom stereocenters. The van der Waals surface area contributed by atoms with Crippen LogP contribution >= 0.6 is 11.6 Å². The van der Waals surface area contributed by atoms with Crippen LogP contribution in [0.15, 0.2) is 8.64 Å². The maximum Gasteiger partial charge on any atom is 0.451 e. The smallest absolute Gasteiger partial charge is 0.345 e. The molecule has 0 aliphatic rings. The van der Waals surface area contributed by atoms with Crippen LogP contribution in [0.2, 0.25) is 0 Å². The molecule has 0 spiro atoms. The number of hydrogen-bond donors (Lipinski definition) is 0. The summed E-state index contributed by atoms with van der Waals surface area (Å²) in [7, 11) is 0. The van der Waals surface area contributed by atoms with Crippen molar-refractivity contribution in [2.75, 3.05) is 0 Å². The second-order valence-corrected chi connectivity index (χ2v) is 1.15. The van der Waals surface area contributed by atoms with Gasteiger partial charge < -0.3 is 3.85 Å². The van der Waals surface area contributed by atoms with Crippen LogP contribution < -0.4 is 5.76 Å². The molecule has 0 aromatic carbocycles. The maximum atomic E-state index is 9.77. The highest BCUT2D eigenvalue weighted by Crippen LogP contribution is 1.77. The largest absolute Gasteiger partial charge is 0.451 e. The van der Waals surface area contributed by atoms with Gasteiger partial charge in [0.2, 0.25) is 0 Å². The molecule has 0 aliphatic heterocycles. The molecule has 3 nitrogen and oxygen atoms in total. The summed E-state index contributed by atoms with van der Waals surface area (Å²) in [5, 5.41) is 0. The van der Waals surface area contributed by atoms with E-state index >= 15 is 0 Å². The van der Waals surface area contributed by atoms with Crippen LogP contribution in [-0.4, -0.2) is 4.98 Å². The van der Waals surface area contributed by atoms with Crippen molar-refractivity contribution >= 4 is 11.6 Å². The van der Waals surface area contributed by atoms with Crippen molar-refractivity contribution in [3.8, 4) is 0 Å². The van der Waals surface area contributed by atoms with Crippen molar-refractivity contribution in [1.29, 1.82) is 0 Å². The first-order chi connectivity index (χ1) is 2.89. The third-order valence-electron chi connectivity index (χ3n) is 0.287. The van der Waals surface area contributed by atoms with Crippen LogP contribution in [0.5, 0.6) is 0 Å². The summed E-state index contributed by atoms with van der Waals surface area (Å²) >= 11 is 0.816. The Balaban J connectivity index is 3.41. The van der Waals surface area contributed by atoms with Gasteiger partial charge in [0, 0.05) is 0 Å². The van der Waals surface area contributed by atoms with Gasteiger partial charge in [-0.3, -0.25) is 0 Å². The fourth-order valence-electron chi connectivity index (χ4n) is 0.129. The summed E-state index contributed by atoms with van der Waals surface area (Å²) < 4.78 is 4.15. The molecule has 1 aromatic heterocycles. The minimum absolute atomic E-state index is 0.569. The lowest BCUT2D eigenvalue weighted by Gasteiger charge is -1.45. The number of nitrogens with zero attached hydrogens (tertiary/aromatic N) is 1. The fraction of sp³-hybridized carbons (Fsp3) is 0. The Morgan fingerprint density at radius 1 is 2.00 bits per heavy atom. The van der Waals surface area contributed by atoms with Gasteiger partial charge in [-0.25, -0.2) is 4.79 Å². The molecule has 31 valence electrons. The lowest BCUT2D eigenvalue weighted by molar-refractivity contribution is 0.617. The first-order valence-corrected chi connectivity index (χ1v) is 1.97. The topological polar surface area (TPSA) is 43.1 Å². The predicted octanol–water partition coefficient (Wildman–Crippen LogP) is -0.104. The summed E-state index contributed by atoms with van der Waals surface area (Å²) in [6.07, 6.45) is 0. The van der Waals surface area contributed by atoms with E-state index in [4.69, 9.17) is 0 Å². The van der Waals surface area contributed by atoms with E-state index in [0.717, 1.165) is 11.6 Å². The van der Waals surface area contributed by atoms with Crippen molar-refractivity contribution in [2.24, 2.45) is 0 Å². The molecule has 1 aromatic rings. The molecule has 4 heteroatoms. The highest BCUT2D eigenvalue weighted by atomic mass is 32.1. The minimum atomic E-state index is -0.569. The second kappa shape index (κ2) is 1.22. The molecule has 0 amide bonds. The molecule has 0 saturated heterocycles. The van der Waals surface area contributed by atoms with Gasteiger partial charge in [-0.15, -0.1) is 0 Å². The second-order valence-electron chi connectivity index (χ2n) is 0.636. The highest BCUT2D eigenvalue weighted by molar-refractivity contribution is 6.99. The third kappa shape index (κ3) is 0.463. The molecular formula is C2NO2S. The molecule has 1 rings (SSSR count). The SMILES string of the molecule is O=c1n[c]so1. The van der Waals surface area contributed by atoms with Crippen LogP contribution in [0.1, 0.15) is 0 Å². The third-order valence-corrected chi connectivity index (χ3v) is 0.679. The van der Waals surface area contributed by atoms with Crippen molar-refractivity contribution in [3.05, 3.63) is 16.1 Å². The normalized spacial score (nSPS) is 8.67. The summed E-state index contributed by atoms with van der Waals surface area (Å²) in [4.78, 5) is 12.9. The zero-order valence-corrected chi connectivity index (χ0v) is 3.49. The minimum Gasteiger partial charge on any atom is -0.345 e. The van der Waals surface area contributed by atoms with Gasteiger partial charge in [0.1, 0.15) is 0 Å². The zero-order chi connectivity index (χ0) is 4.41. The van der Waals surface area contributed by atoms with E-state index in [0.29, 0.717) is 0 Å². The number of hydrogen-bond acceptors (Lipinski definition) is 4. The lowest BCUT2D eigenvalue weighted by Crippen LogP contribution is -1.91. The van der Waals surface area contributed by atoms with E-state index in [1.165, 1.54) is 0 Å². The predicted molar refractivity (Wildman–Crippen MR) is 19.5 cm³/mol. The average Bonchev–Trinajstić information content (AvgIpc) is 1.86. The standard InChI is InChI=1S/C2NO2S/c4-2-3-1-6-5-2. The molecule has 6 heavy (non-hydrogen) atoms. The summed E-state index contributed by atoms with van der Waals surface area (Å²) in [6, 6.07) is 0. The maximum absolute atomic E-state index is 9.77. The van der Waals surface area contributed by atoms with Crippen LogP contribution in [0, 0.1) is 5.51 Å². The average molecular weight is 102 g/mol. The summed E-state index contributed by atoms with van der Waals surface area (Å²) in [5.74, 6) is -0.569. The van der Waals surface area contributed by atoms with Crippen molar-refractivity contribution in [2.45, 2.75) is 0 Å². The molecule has 0 unspecified atom stereocenters. The Labute approximate surface area is 37.5 Å². The van der Waals surface area contributed by atoms with Crippen LogP contribution in [0.4, 0.5) is 0 Å². The van der Waals surface area contributed by atoms with Gasteiger partial charge >= 0.3 is 5.76 Å². The van der Waals surface area contributed by atoms with Crippen molar-refractivity contribution in [1.82, 2.24) is 4.98 Å². The van der Waals surface area contributed by atoms with Gasteiger partial charge in [-0.1, -0.05) is 0 Å². The van der Waals surface area contributed by atoms with E-state index in [9.17, 15) is 4.79 Å². The van der Waals surface area contributed by atoms with Gasteiger partial charge in [0.25, 0.3) is 0 Å². The van der Waals surface area contributed by atoms with Crippen LogP contribution in [0.25, 0.3) is 0 Å². The molecule has 1 heterocycles. The quantitative estimate of drug-likeness (QED) is 0.459. The Kier molecular flexibility index (Phi) is 0.719. The van der Waals surface area contributed by atoms with E-state index in [-0.39, 0.29) is 0 Å². The highest BCUT2D eigenvalue weighted by Gasteiger charge is 1.79. The molecular weight excluding hydrogens is 102 g/mol. The van der Waals surface area contributed by atoms with Crippen LogP contribution in [-0.2, 0) is 0 Å². The molecule has 0 aliphatic carbocycles.